The molecule has 1 unspecified atom stereocenters. The largest absolute Gasteiger partial charge is 0.335 e. The number of likely N-dealkylation sites (tertiary alicyclic amines) is 1. The highest BCUT2D eigenvalue weighted by Crippen LogP contribution is 2.27. The van der Waals surface area contributed by atoms with Gasteiger partial charge in [-0.1, -0.05) is 37.5 Å². The van der Waals surface area contributed by atoms with E-state index < -0.39 is 0 Å². The van der Waals surface area contributed by atoms with E-state index in [1.165, 1.54) is 19.3 Å². The fourth-order valence-electron chi connectivity index (χ4n) is 4.09. The highest BCUT2D eigenvalue weighted by Gasteiger charge is 2.29. The quantitative estimate of drug-likeness (QED) is 0.919. The molecule has 1 aliphatic heterocycles. The molecule has 1 atom stereocenters. The lowest BCUT2D eigenvalue weighted by atomic mass is 9.95. The fourth-order valence-corrected chi connectivity index (χ4v) is 4.09. The maximum Gasteiger partial charge on any atom is 0.317 e. The van der Waals surface area contributed by atoms with Gasteiger partial charge in [-0.05, 0) is 48.2 Å². The second-order valence-corrected chi connectivity index (χ2v) is 7.35. The number of rotatable bonds is 3. The summed E-state index contributed by atoms with van der Waals surface area (Å²) in [7, 11) is 0. The third-order valence-corrected chi connectivity index (χ3v) is 5.50. The number of urea groups is 1. The fraction of sp³-hybridized carbons (Fsp3) is 0.579. The molecule has 1 saturated heterocycles. The Morgan fingerprint density at radius 2 is 1.85 bits per heavy atom. The standard InChI is InChI=1S/C19H26N6O/c26-19(20-16-9-3-1-4-10-16)24-13-7-8-15(14-24)18-21-22-23-25(18)17-11-5-2-6-12-17/h2,5-6,11-12,15-16H,1,3-4,7-10,13-14H2,(H,20,26). The highest BCUT2D eigenvalue weighted by atomic mass is 16.2. The molecule has 1 aliphatic carbocycles. The summed E-state index contributed by atoms with van der Waals surface area (Å²) in [5, 5.41) is 15.5. The number of carbonyl (C=O) groups is 1. The van der Waals surface area contributed by atoms with E-state index >= 15 is 0 Å². The van der Waals surface area contributed by atoms with E-state index in [0.717, 1.165) is 43.7 Å². The van der Waals surface area contributed by atoms with Gasteiger partial charge < -0.3 is 10.2 Å². The summed E-state index contributed by atoms with van der Waals surface area (Å²) in [4.78, 5) is 14.6. The Morgan fingerprint density at radius 1 is 1.04 bits per heavy atom. The summed E-state index contributed by atoms with van der Waals surface area (Å²) in [5.74, 6) is 1.00. The molecule has 2 aliphatic rings. The molecule has 0 radical (unpaired) electrons. The van der Waals surface area contributed by atoms with Crippen molar-refractivity contribution in [3.05, 3.63) is 36.2 Å². The van der Waals surface area contributed by atoms with Crippen LogP contribution in [0, 0.1) is 0 Å². The van der Waals surface area contributed by atoms with Crippen LogP contribution in [0.4, 0.5) is 4.79 Å². The van der Waals surface area contributed by atoms with Crippen LogP contribution in [0.1, 0.15) is 56.7 Å². The van der Waals surface area contributed by atoms with E-state index in [-0.39, 0.29) is 11.9 Å². The van der Waals surface area contributed by atoms with E-state index in [9.17, 15) is 4.79 Å². The number of hydrogen-bond acceptors (Lipinski definition) is 4. The zero-order valence-corrected chi connectivity index (χ0v) is 15.0. The van der Waals surface area contributed by atoms with Crippen LogP contribution in [0.5, 0.6) is 0 Å². The zero-order valence-electron chi connectivity index (χ0n) is 15.0. The van der Waals surface area contributed by atoms with Crippen molar-refractivity contribution in [1.29, 1.82) is 0 Å². The lowest BCUT2D eigenvalue weighted by molar-refractivity contribution is 0.171. The zero-order chi connectivity index (χ0) is 17.8. The van der Waals surface area contributed by atoms with Crippen LogP contribution in [-0.4, -0.2) is 50.3 Å². The number of hydrogen-bond donors (Lipinski definition) is 1. The van der Waals surface area contributed by atoms with Gasteiger partial charge in [0.1, 0.15) is 0 Å². The van der Waals surface area contributed by atoms with Crippen molar-refractivity contribution in [2.24, 2.45) is 0 Å². The van der Waals surface area contributed by atoms with Crippen LogP contribution in [-0.2, 0) is 0 Å². The Morgan fingerprint density at radius 3 is 2.65 bits per heavy atom. The molecule has 1 aromatic heterocycles. The molecule has 2 heterocycles. The van der Waals surface area contributed by atoms with Crippen LogP contribution in [0.25, 0.3) is 5.69 Å². The summed E-state index contributed by atoms with van der Waals surface area (Å²) in [6.07, 6.45) is 7.93. The molecule has 2 amide bonds. The number of amides is 2. The molecular weight excluding hydrogens is 328 g/mol. The molecule has 26 heavy (non-hydrogen) atoms. The van der Waals surface area contributed by atoms with E-state index in [1.807, 2.05) is 35.2 Å². The van der Waals surface area contributed by atoms with Gasteiger partial charge in [-0.25, -0.2) is 4.79 Å². The van der Waals surface area contributed by atoms with Crippen LogP contribution < -0.4 is 5.32 Å². The minimum atomic E-state index is 0.0698. The lowest BCUT2D eigenvalue weighted by Gasteiger charge is -2.34. The summed E-state index contributed by atoms with van der Waals surface area (Å²) < 4.78 is 1.80. The normalized spacial score (nSPS) is 21.5. The molecule has 7 nitrogen and oxygen atoms in total. The van der Waals surface area contributed by atoms with Gasteiger partial charge in [0.2, 0.25) is 0 Å². The number of aromatic nitrogens is 4. The van der Waals surface area contributed by atoms with E-state index in [1.54, 1.807) is 4.68 Å². The molecule has 1 N–H and O–H groups in total. The third-order valence-electron chi connectivity index (χ3n) is 5.50. The molecule has 7 heteroatoms. The average molecular weight is 354 g/mol. The van der Waals surface area contributed by atoms with Gasteiger partial charge in [0.05, 0.1) is 5.69 Å². The second-order valence-electron chi connectivity index (χ2n) is 7.35. The SMILES string of the molecule is O=C(NC1CCCCC1)N1CCCC(c2nnnn2-c2ccccc2)C1. The predicted molar refractivity (Wildman–Crippen MR) is 98.1 cm³/mol. The van der Waals surface area contributed by atoms with Gasteiger partial charge in [-0.15, -0.1) is 5.10 Å². The van der Waals surface area contributed by atoms with Gasteiger partial charge >= 0.3 is 6.03 Å². The average Bonchev–Trinajstić information content (AvgIpc) is 3.19. The number of nitrogens with zero attached hydrogens (tertiary/aromatic N) is 5. The molecular formula is C19H26N6O. The van der Waals surface area contributed by atoms with Crippen molar-refractivity contribution < 1.29 is 4.79 Å². The Hall–Kier alpha value is -2.44. The molecule has 0 bridgehead atoms. The van der Waals surface area contributed by atoms with Gasteiger partial charge in [0.25, 0.3) is 0 Å². The Balaban J connectivity index is 1.44. The topological polar surface area (TPSA) is 75.9 Å². The first kappa shape index (κ1) is 17.0. The molecule has 1 saturated carbocycles. The number of nitrogens with one attached hydrogen (secondary N) is 1. The van der Waals surface area contributed by atoms with Gasteiger partial charge in [0, 0.05) is 25.0 Å². The maximum atomic E-state index is 12.7. The van der Waals surface area contributed by atoms with Crippen LogP contribution in [0.15, 0.2) is 30.3 Å². The van der Waals surface area contributed by atoms with E-state index in [0.29, 0.717) is 12.6 Å². The summed E-state index contributed by atoms with van der Waals surface area (Å²) >= 11 is 0. The van der Waals surface area contributed by atoms with Crippen molar-refractivity contribution in [2.75, 3.05) is 13.1 Å². The Bertz CT molecular complexity index is 725. The van der Waals surface area contributed by atoms with Crippen molar-refractivity contribution >= 4 is 6.03 Å². The molecule has 138 valence electrons. The first-order valence-corrected chi connectivity index (χ1v) is 9.70. The summed E-state index contributed by atoms with van der Waals surface area (Å²) in [6, 6.07) is 10.3. The smallest absolute Gasteiger partial charge is 0.317 e. The highest BCUT2D eigenvalue weighted by molar-refractivity contribution is 5.74. The molecule has 4 rings (SSSR count). The maximum absolute atomic E-state index is 12.7. The predicted octanol–water partition coefficient (Wildman–Crippen LogP) is 2.88. The number of tetrazole rings is 1. The number of carbonyl (C=O) groups excluding carboxylic acids is 1. The Kier molecular flexibility index (Phi) is 5.13. The first-order chi connectivity index (χ1) is 12.8. The van der Waals surface area contributed by atoms with Crippen LogP contribution >= 0.6 is 0 Å². The first-order valence-electron chi connectivity index (χ1n) is 9.70. The van der Waals surface area contributed by atoms with E-state index in [4.69, 9.17) is 0 Å². The van der Waals surface area contributed by atoms with Crippen LogP contribution in [0.3, 0.4) is 0 Å². The van der Waals surface area contributed by atoms with Crippen molar-refractivity contribution in [1.82, 2.24) is 30.4 Å². The van der Waals surface area contributed by atoms with Gasteiger partial charge in [-0.3, -0.25) is 0 Å². The van der Waals surface area contributed by atoms with Gasteiger partial charge in [-0.2, -0.15) is 4.68 Å². The molecule has 2 aromatic rings. The molecule has 0 spiro atoms. The summed E-state index contributed by atoms with van der Waals surface area (Å²) in [5.41, 5.74) is 0.955. The summed E-state index contributed by atoms with van der Waals surface area (Å²) in [6.45, 7) is 1.48. The minimum absolute atomic E-state index is 0.0698. The van der Waals surface area contributed by atoms with Crippen molar-refractivity contribution in [3.63, 3.8) is 0 Å². The van der Waals surface area contributed by atoms with E-state index in [2.05, 4.69) is 20.8 Å². The number of piperidine rings is 1. The molecule has 2 fully saturated rings. The number of benzene rings is 1. The number of para-hydroxylation sites is 1. The van der Waals surface area contributed by atoms with Crippen LogP contribution in [0.2, 0.25) is 0 Å². The third kappa shape index (κ3) is 3.71. The Labute approximate surface area is 153 Å². The monoisotopic (exact) mass is 354 g/mol. The lowest BCUT2D eigenvalue weighted by Crippen LogP contribution is -2.48. The molecule has 1 aromatic carbocycles. The van der Waals surface area contributed by atoms with Crippen molar-refractivity contribution in [2.45, 2.75) is 56.9 Å². The minimum Gasteiger partial charge on any atom is -0.335 e. The van der Waals surface area contributed by atoms with Crippen molar-refractivity contribution in [3.8, 4) is 5.69 Å². The second kappa shape index (κ2) is 7.85. The van der Waals surface area contributed by atoms with Gasteiger partial charge in [0.15, 0.2) is 5.82 Å².